The summed E-state index contributed by atoms with van der Waals surface area (Å²) in [5.74, 6) is 2.27. The lowest BCUT2D eigenvalue weighted by Crippen LogP contribution is -2.32. The van der Waals surface area contributed by atoms with Gasteiger partial charge in [0.15, 0.2) is 11.4 Å². The van der Waals surface area contributed by atoms with E-state index in [4.69, 9.17) is 4.74 Å². The van der Waals surface area contributed by atoms with Crippen LogP contribution in [0.25, 0.3) is 0 Å². The standard InChI is InChI=1S/C10H14N2O2S2/c1-14-7-8-9(6-13)16-10(11-8)12-2-4-15-5-3-12/h6H,2-5,7H2,1H3. The Balaban J connectivity index is 2.17. The van der Waals surface area contributed by atoms with Crippen molar-refractivity contribution in [2.24, 2.45) is 0 Å². The monoisotopic (exact) mass is 258 g/mol. The number of carbonyl (C=O) groups is 1. The molecule has 0 N–H and O–H groups in total. The second-order valence-corrected chi connectivity index (χ2v) is 5.69. The first-order valence-electron chi connectivity index (χ1n) is 5.11. The summed E-state index contributed by atoms with van der Waals surface area (Å²) in [7, 11) is 1.62. The zero-order chi connectivity index (χ0) is 11.4. The normalized spacial score (nSPS) is 16.4. The Morgan fingerprint density at radius 2 is 2.25 bits per heavy atom. The van der Waals surface area contributed by atoms with Gasteiger partial charge in [-0.05, 0) is 0 Å². The number of aromatic nitrogens is 1. The van der Waals surface area contributed by atoms with Gasteiger partial charge in [-0.25, -0.2) is 4.98 Å². The molecule has 0 radical (unpaired) electrons. The van der Waals surface area contributed by atoms with Crippen molar-refractivity contribution >= 4 is 34.5 Å². The Hall–Kier alpha value is -0.590. The number of hydrogen-bond acceptors (Lipinski definition) is 6. The highest BCUT2D eigenvalue weighted by Gasteiger charge is 2.17. The second-order valence-electron chi connectivity index (χ2n) is 3.46. The number of anilines is 1. The summed E-state index contributed by atoms with van der Waals surface area (Å²) in [6, 6.07) is 0. The third-order valence-corrected chi connectivity index (χ3v) is 4.41. The predicted molar refractivity (Wildman–Crippen MR) is 67.8 cm³/mol. The van der Waals surface area contributed by atoms with Crippen LogP contribution in [-0.4, -0.2) is 43.0 Å². The Morgan fingerprint density at radius 1 is 1.50 bits per heavy atom. The van der Waals surface area contributed by atoms with Crippen molar-refractivity contribution in [3.05, 3.63) is 10.6 Å². The maximum atomic E-state index is 10.9. The summed E-state index contributed by atoms with van der Waals surface area (Å²) in [5.41, 5.74) is 0.760. The number of nitrogens with zero attached hydrogens (tertiary/aromatic N) is 2. The topological polar surface area (TPSA) is 42.4 Å². The molecule has 1 aliphatic heterocycles. The number of rotatable bonds is 4. The van der Waals surface area contributed by atoms with E-state index in [1.165, 1.54) is 11.3 Å². The lowest BCUT2D eigenvalue weighted by molar-refractivity contribution is 0.112. The number of methoxy groups -OCH3 is 1. The molecule has 0 spiro atoms. The summed E-state index contributed by atoms with van der Waals surface area (Å²) in [6.07, 6.45) is 0.869. The predicted octanol–water partition coefficient (Wildman–Crippen LogP) is 1.66. The van der Waals surface area contributed by atoms with E-state index in [2.05, 4.69) is 9.88 Å². The molecule has 0 saturated carbocycles. The summed E-state index contributed by atoms with van der Waals surface area (Å²) in [4.78, 5) is 18.3. The fraction of sp³-hybridized carbons (Fsp3) is 0.600. The molecule has 1 aromatic rings. The van der Waals surface area contributed by atoms with Crippen LogP contribution in [0.3, 0.4) is 0 Å². The molecule has 1 saturated heterocycles. The summed E-state index contributed by atoms with van der Waals surface area (Å²) < 4.78 is 5.03. The van der Waals surface area contributed by atoms with Crippen LogP contribution in [-0.2, 0) is 11.3 Å². The maximum Gasteiger partial charge on any atom is 0.186 e. The zero-order valence-electron chi connectivity index (χ0n) is 9.14. The van der Waals surface area contributed by atoms with E-state index in [9.17, 15) is 4.79 Å². The largest absolute Gasteiger partial charge is 0.378 e. The Kier molecular flexibility index (Phi) is 4.20. The van der Waals surface area contributed by atoms with E-state index >= 15 is 0 Å². The molecule has 88 valence electrons. The molecule has 0 bridgehead atoms. The fourth-order valence-electron chi connectivity index (χ4n) is 1.57. The van der Waals surface area contributed by atoms with Gasteiger partial charge in [-0.15, -0.1) is 0 Å². The van der Waals surface area contributed by atoms with Gasteiger partial charge in [-0.3, -0.25) is 4.79 Å². The lowest BCUT2D eigenvalue weighted by atomic mass is 10.4. The first-order chi connectivity index (χ1) is 7.85. The number of thioether (sulfide) groups is 1. The average molecular weight is 258 g/mol. The van der Waals surface area contributed by atoms with Gasteiger partial charge in [-0.1, -0.05) is 11.3 Å². The third kappa shape index (κ3) is 2.56. The molecule has 6 heteroatoms. The minimum atomic E-state index is 0.410. The Bertz CT molecular complexity index is 362. The number of ether oxygens (including phenoxy) is 1. The second kappa shape index (κ2) is 5.65. The number of carbonyl (C=O) groups excluding carboxylic acids is 1. The maximum absolute atomic E-state index is 10.9. The Labute approximate surface area is 103 Å². The van der Waals surface area contributed by atoms with Crippen LogP contribution in [0.2, 0.25) is 0 Å². The number of aldehydes is 1. The quantitative estimate of drug-likeness (QED) is 0.768. The van der Waals surface area contributed by atoms with Gasteiger partial charge >= 0.3 is 0 Å². The molecule has 4 nitrogen and oxygen atoms in total. The van der Waals surface area contributed by atoms with Crippen molar-refractivity contribution in [2.45, 2.75) is 6.61 Å². The average Bonchev–Trinajstić information content (AvgIpc) is 2.74. The van der Waals surface area contributed by atoms with Crippen LogP contribution in [0.5, 0.6) is 0 Å². The van der Waals surface area contributed by atoms with Crippen molar-refractivity contribution in [1.29, 1.82) is 0 Å². The minimum absolute atomic E-state index is 0.410. The van der Waals surface area contributed by atoms with E-state index in [1.807, 2.05) is 11.8 Å². The highest BCUT2D eigenvalue weighted by molar-refractivity contribution is 7.99. The van der Waals surface area contributed by atoms with Gasteiger partial charge in [0.25, 0.3) is 0 Å². The lowest BCUT2D eigenvalue weighted by Gasteiger charge is -2.25. The van der Waals surface area contributed by atoms with Gasteiger partial charge in [0.05, 0.1) is 17.2 Å². The van der Waals surface area contributed by atoms with Gasteiger partial charge < -0.3 is 9.64 Å². The van der Waals surface area contributed by atoms with Crippen LogP contribution in [0.15, 0.2) is 0 Å². The van der Waals surface area contributed by atoms with Crippen molar-refractivity contribution < 1.29 is 9.53 Å². The smallest absolute Gasteiger partial charge is 0.186 e. The molecular formula is C10H14N2O2S2. The first kappa shape index (κ1) is 11.9. The van der Waals surface area contributed by atoms with Crippen LogP contribution in [0.4, 0.5) is 5.13 Å². The summed E-state index contributed by atoms with van der Waals surface area (Å²) >= 11 is 3.42. The van der Waals surface area contributed by atoms with Gasteiger partial charge in [0.2, 0.25) is 0 Å². The molecule has 0 amide bonds. The first-order valence-corrected chi connectivity index (χ1v) is 7.08. The molecule has 1 fully saturated rings. The van der Waals surface area contributed by atoms with Gasteiger partial charge in [0, 0.05) is 31.7 Å². The molecule has 0 unspecified atom stereocenters. The van der Waals surface area contributed by atoms with Crippen molar-refractivity contribution in [3.63, 3.8) is 0 Å². The highest BCUT2D eigenvalue weighted by Crippen LogP contribution is 2.27. The fourth-order valence-corrected chi connectivity index (χ4v) is 3.41. The zero-order valence-corrected chi connectivity index (χ0v) is 10.8. The van der Waals surface area contributed by atoms with Crippen molar-refractivity contribution in [1.82, 2.24) is 4.98 Å². The molecule has 0 aliphatic carbocycles. The molecular weight excluding hydrogens is 244 g/mol. The molecule has 0 atom stereocenters. The molecule has 2 heterocycles. The molecule has 16 heavy (non-hydrogen) atoms. The van der Waals surface area contributed by atoms with Crippen LogP contribution in [0, 0.1) is 0 Å². The SMILES string of the molecule is COCc1nc(N2CCSCC2)sc1C=O. The van der Waals surface area contributed by atoms with E-state index < -0.39 is 0 Å². The van der Waals surface area contributed by atoms with E-state index in [0.717, 1.165) is 41.7 Å². The summed E-state index contributed by atoms with van der Waals surface area (Å²) in [6.45, 7) is 2.44. The van der Waals surface area contributed by atoms with Gasteiger partial charge in [-0.2, -0.15) is 11.8 Å². The number of hydrogen-bond donors (Lipinski definition) is 0. The van der Waals surface area contributed by atoms with Crippen LogP contribution >= 0.6 is 23.1 Å². The molecule has 1 aromatic heterocycles. The van der Waals surface area contributed by atoms with Crippen LogP contribution in [0.1, 0.15) is 15.4 Å². The van der Waals surface area contributed by atoms with E-state index in [0.29, 0.717) is 11.5 Å². The van der Waals surface area contributed by atoms with E-state index in [1.54, 1.807) is 7.11 Å². The number of thiazole rings is 1. The minimum Gasteiger partial charge on any atom is -0.378 e. The van der Waals surface area contributed by atoms with E-state index in [-0.39, 0.29) is 0 Å². The van der Waals surface area contributed by atoms with Crippen molar-refractivity contribution in [3.8, 4) is 0 Å². The van der Waals surface area contributed by atoms with Gasteiger partial charge in [0.1, 0.15) is 0 Å². The third-order valence-electron chi connectivity index (χ3n) is 2.39. The van der Waals surface area contributed by atoms with Crippen molar-refractivity contribution in [2.75, 3.05) is 36.6 Å². The molecule has 1 aliphatic rings. The Morgan fingerprint density at radius 3 is 2.88 bits per heavy atom. The summed E-state index contributed by atoms with van der Waals surface area (Å²) in [5, 5.41) is 0.953. The molecule has 0 aromatic carbocycles. The van der Waals surface area contributed by atoms with Crippen LogP contribution < -0.4 is 4.90 Å². The highest BCUT2D eigenvalue weighted by atomic mass is 32.2. The molecule has 2 rings (SSSR count).